The van der Waals surface area contributed by atoms with E-state index in [0.29, 0.717) is 38.8 Å². The summed E-state index contributed by atoms with van der Waals surface area (Å²) in [6, 6.07) is 18.4. The number of nitrogens with two attached hydrogens (primary N) is 1. The Bertz CT molecular complexity index is 1090. The molecular formula is C30H40N3O2+. The number of carbonyl (C=O) groups is 2. The van der Waals surface area contributed by atoms with Crippen molar-refractivity contribution in [3.8, 4) is 6.07 Å². The van der Waals surface area contributed by atoms with Gasteiger partial charge in [0.1, 0.15) is 6.54 Å². The summed E-state index contributed by atoms with van der Waals surface area (Å²) in [6.45, 7) is 9.48. The van der Waals surface area contributed by atoms with Crippen LogP contribution in [0.15, 0.2) is 48.5 Å². The topological polar surface area (TPSA) is 83.9 Å². The first-order chi connectivity index (χ1) is 16.7. The highest BCUT2D eigenvalue weighted by atomic mass is 16.2. The molecule has 1 fully saturated rings. The number of rotatable bonds is 10. The number of primary amides is 1. The molecule has 0 aliphatic carbocycles. The van der Waals surface area contributed by atoms with Crippen LogP contribution in [0.4, 0.5) is 0 Å². The largest absolute Gasteiger partial charge is 0.364 e. The third kappa shape index (κ3) is 5.49. The van der Waals surface area contributed by atoms with Gasteiger partial charge in [0.05, 0.1) is 24.4 Å². The van der Waals surface area contributed by atoms with E-state index in [2.05, 4.69) is 52.0 Å². The first kappa shape index (κ1) is 26.6. The van der Waals surface area contributed by atoms with Gasteiger partial charge in [-0.05, 0) is 49.3 Å². The molecule has 1 saturated heterocycles. The second-order valence-electron chi connectivity index (χ2n) is 10.6. The van der Waals surface area contributed by atoms with E-state index >= 15 is 0 Å². The van der Waals surface area contributed by atoms with Crippen LogP contribution in [-0.4, -0.2) is 28.9 Å². The minimum atomic E-state index is -0.570. The lowest BCUT2D eigenvalue weighted by Gasteiger charge is -2.36. The normalized spacial score (nSPS) is 21.4. The molecule has 186 valence electrons. The first-order valence-electron chi connectivity index (χ1n) is 12.9. The molecular weight excluding hydrogens is 434 g/mol. The van der Waals surface area contributed by atoms with Crippen molar-refractivity contribution in [1.29, 1.82) is 5.26 Å². The van der Waals surface area contributed by atoms with Crippen LogP contribution in [0.5, 0.6) is 0 Å². The molecule has 2 N–H and O–H groups in total. The predicted molar refractivity (Wildman–Crippen MR) is 139 cm³/mol. The van der Waals surface area contributed by atoms with Gasteiger partial charge in [0.15, 0.2) is 6.04 Å². The lowest BCUT2D eigenvalue weighted by Crippen LogP contribution is -2.59. The summed E-state index contributed by atoms with van der Waals surface area (Å²) in [5.74, 6) is -0.130. The zero-order valence-corrected chi connectivity index (χ0v) is 21.7. The van der Waals surface area contributed by atoms with Gasteiger partial charge < -0.3 is 5.73 Å². The highest BCUT2D eigenvalue weighted by Gasteiger charge is 2.50. The Hall–Kier alpha value is -2.97. The number of aryl methyl sites for hydroxylation is 2. The van der Waals surface area contributed by atoms with E-state index in [1.807, 2.05) is 30.3 Å². The summed E-state index contributed by atoms with van der Waals surface area (Å²) < 4.78 is 0.129. The Morgan fingerprint density at radius 1 is 1.11 bits per heavy atom. The van der Waals surface area contributed by atoms with Gasteiger partial charge in [0.2, 0.25) is 0 Å². The number of nitriles is 1. The van der Waals surface area contributed by atoms with E-state index in [4.69, 9.17) is 5.73 Å². The summed E-state index contributed by atoms with van der Waals surface area (Å²) >= 11 is 0. The second-order valence-corrected chi connectivity index (χ2v) is 10.6. The van der Waals surface area contributed by atoms with Gasteiger partial charge in [0.25, 0.3) is 5.91 Å². The number of unbranched alkanes of at least 4 members (excludes halogenated alkanes) is 1. The van der Waals surface area contributed by atoms with Crippen LogP contribution >= 0.6 is 0 Å². The Labute approximate surface area is 210 Å². The van der Waals surface area contributed by atoms with Crippen molar-refractivity contribution >= 4 is 11.8 Å². The summed E-state index contributed by atoms with van der Waals surface area (Å²) in [7, 11) is 0. The molecule has 2 aromatic carbocycles. The van der Waals surface area contributed by atoms with Gasteiger partial charge in [-0.3, -0.25) is 4.79 Å². The van der Waals surface area contributed by atoms with Crippen LogP contribution < -0.4 is 5.73 Å². The molecule has 0 aromatic heterocycles. The second kappa shape index (κ2) is 11.2. The number of carbonyl (C=O) groups excluding carboxylic acids is 2. The van der Waals surface area contributed by atoms with Gasteiger partial charge in [0, 0.05) is 18.4 Å². The van der Waals surface area contributed by atoms with E-state index in [9.17, 15) is 14.9 Å². The minimum Gasteiger partial charge on any atom is -0.364 e. The quantitative estimate of drug-likeness (QED) is 0.366. The summed E-state index contributed by atoms with van der Waals surface area (Å²) in [6.07, 6.45) is 4.04. The lowest BCUT2D eigenvalue weighted by molar-refractivity contribution is -0.871. The summed E-state index contributed by atoms with van der Waals surface area (Å²) in [4.78, 5) is 26.1. The maximum absolute atomic E-state index is 13.7. The number of hydrogen-bond acceptors (Lipinski definition) is 3. The zero-order chi connectivity index (χ0) is 25.6. The van der Waals surface area contributed by atoms with Crippen molar-refractivity contribution in [2.75, 3.05) is 6.54 Å². The van der Waals surface area contributed by atoms with Crippen molar-refractivity contribution < 1.29 is 14.1 Å². The molecule has 2 amide bonds. The maximum Gasteiger partial charge on any atom is 0.314 e. The molecule has 3 rings (SSSR count). The van der Waals surface area contributed by atoms with E-state index in [1.54, 1.807) is 0 Å². The van der Waals surface area contributed by atoms with E-state index in [1.165, 1.54) is 11.1 Å². The maximum atomic E-state index is 13.7. The average Bonchev–Trinajstić information content (AvgIpc) is 3.27. The van der Waals surface area contributed by atoms with Crippen LogP contribution in [-0.2, 0) is 21.5 Å². The Kier molecular flexibility index (Phi) is 8.51. The fraction of sp³-hybridized carbons (Fsp3) is 0.500. The van der Waals surface area contributed by atoms with Crippen LogP contribution in [0.3, 0.4) is 0 Å². The van der Waals surface area contributed by atoms with Gasteiger partial charge in [-0.2, -0.15) is 5.26 Å². The fourth-order valence-electron chi connectivity index (χ4n) is 5.81. The predicted octanol–water partition coefficient (Wildman–Crippen LogP) is 5.47. The molecule has 0 bridgehead atoms. The van der Waals surface area contributed by atoms with E-state index in [0.717, 1.165) is 24.0 Å². The van der Waals surface area contributed by atoms with Crippen molar-refractivity contribution in [3.05, 3.63) is 70.8 Å². The molecule has 5 heteroatoms. The van der Waals surface area contributed by atoms with E-state index in [-0.39, 0.29) is 22.2 Å². The smallest absolute Gasteiger partial charge is 0.314 e. The van der Waals surface area contributed by atoms with Crippen LogP contribution in [0.2, 0.25) is 0 Å². The van der Waals surface area contributed by atoms with Crippen molar-refractivity contribution in [1.82, 2.24) is 0 Å². The van der Waals surface area contributed by atoms with Crippen molar-refractivity contribution in [2.45, 2.75) is 84.2 Å². The molecule has 1 heterocycles. The number of nitrogens with zero attached hydrogens (tertiary/aromatic N) is 2. The molecule has 35 heavy (non-hydrogen) atoms. The molecule has 1 aliphatic heterocycles. The van der Waals surface area contributed by atoms with Crippen LogP contribution in [0, 0.1) is 31.1 Å². The third-order valence-corrected chi connectivity index (χ3v) is 8.18. The fourth-order valence-corrected chi connectivity index (χ4v) is 5.81. The molecule has 0 saturated carbocycles. The van der Waals surface area contributed by atoms with Gasteiger partial charge in [-0.25, -0.2) is 9.28 Å². The lowest BCUT2D eigenvalue weighted by atomic mass is 9.69. The molecule has 3 atom stereocenters. The molecule has 0 spiro atoms. The minimum absolute atomic E-state index is 0.0938. The highest BCUT2D eigenvalue weighted by molar-refractivity contribution is 5.82. The van der Waals surface area contributed by atoms with Crippen LogP contribution in [0.1, 0.15) is 74.6 Å². The summed E-state index contributed by atoms with van der Waals surface area (Å²) in [5.41, 5.74) is 9.74. The van der Waals surface area contributed by atoms with Crippen molar-refractivity contribution in [3.63, 3.8) is 0 Å². The highest BCUT2D eigenvalue weighted by Crippen LogP contribution is 2.38. The Morgan fingerprint density at radius 2 is 1.83 bits per heavy atom. The monoisotopic (exact) mass is 474 g/mol. The molecule has 2 aromatic rings. The standard InChI is InChI=1S/C30H39N3O2/c1-22(2)30(21-31,26-11-6-5-7-12-26)17-9-8-14-28(34)33(18-10-13-27(33)29(32)35)20-25-16-15-23(3)24(4)19-25/h5-7,11-12,15-16,19,22,27H,8-10,13-14,17-18,20H2,1-4H3,(H-,32,35)/p+1/t27?,30-,33+/m0/s1. The van der Waals surface area contributed by atoms with E-state index < -0.39 is 11.5 Å². The molecule has 0 radical (unpaired) electrons. The first-order valence-corrected chi connectivity index (χ1v) is 12.9. The number of quaternary nitrogens is 1. The zero-order valence-electron chi connectivity index (χ0n) is 21.7. The third-order valence-electron chi connectivity index (χ3n) is 8.18. The average molecular weight is 475 g/mol. The number of amides is 2. The molecule has 1 unspecified atom stereocenters. The Morgan fingerprint density at radius 3 is 2.43 bits per heavy atom. The van der Waals surface area contributed by atoms with Crippen molar-refractivity contribution in [2.24, 2.45) is 11.7 Å². The number of hydrogen-bond donors (Lipinski definition) is 1. The SMILES string of the molecule is Cc1ccc(C[N@+]2(C(=O)CCCC[C@@](C#N)(c3ccccc3)C(C)C)CCCC2C(N)=O)cc1C. The Balaban J connectivity index is 1.75. The number of benzene rings is 2. The van der Waals surface area contributed by atoms with Crippen LogP contribution in [0.25, 0.3) is 0 Å². The molecule has 5 nitrogen and oxygen atoms in total. The van der Waals surface area contributed by atoms with Gasteiger partial charge in [-0.1, -0.05) is 68.8 Å². The summed E-state index contributed by atoms with van der Waals surface area (Å²) in [5, 5.41) is 10.2. The van der Waals surface area contributed by atoms with Gasteiger partial charge >= 0.3 is 5.91 Å². The molecule has 1 aliphatic rings. The van der Waals surface area contributed by atoms with Gasteiger partial charge in [-0.15, -0.1) is 0 Å². The number of likely N-dealkylation sites (tertiary alicyclic amines) is 1.